The number of amides is 2. The molecule has 2 rings (SSSR count). The normalized spacial score (nSPS) is 10.6. The van der Waals surface area contributed by atoms with Crippen molar-refractivity contribution in [1.82, 2.24) is 9.88 Å². The van der Waals surface area contributed by atoms with Crippen molar-refractivity contribution in [2.24, 2.45) is 0 Å². The van der Waals surface area contributed by atoms with Crippen LogP contribution in [0.25, 0.3) is 0 Å². The highest BCUT2D eigenvalue weighted by molar-refractivity contribution is 7.09. The smallest absolute Gasteiger partial charge is 0.337 e. The van der Waals surface area contributed by atoms with Crippen molar-refractivity contribution in [1.29, 1.82) is 0 Å². The van der Waals surface area contributed by atoms with E-state index < -0.39 is 34.2 Å². The number of benzene rings is 1. The molecular formula is C17H17ClFN3O5S. The van der Waals surface area contributed by atoms with Gasteiger partial charge >= 0.3 is 17.8 Å². The molecule has 0 aliphatic rings. The predicted octanol–water partition coefficient (Wildman–Crippen LogP) is 2.56. The lowest BCUT2D eigenvalue weighted by molar-refractivity contribution is -0.144. The van der Waals surface area contributed by atoms with Gasteiger partial charge in [0.2, 0.25) is 0 Å². The van der Waals surface area contributed by atoms with E-state index in [4.69, 9.17) is 21.4 Å². The number of carbonyl (C=O) groups is 3. The highest BCUT2D eigenvalue weighted by atomic mass is 35.5. The number of aromatic carboxylic acids is 1. The van der Waals surface area contributed by atoms with E-state index in [0.29, 0.717) is 0 Å². The summed E-state index contributed by atoms with van der Waals surface area (Å²) in [4.78, 5) is 42.2. The van der Waals surface area contributed by atoms with Crippen LogP contribution in [0.5, 0.6) is 0 Å². The Morgan fingerprint density at radius 2 is 2.11 bits per heavy atom. The second-order valence-electron chi connectivity index (χ2n) is 5.66. The highest BCUT2D eigenvalue weighted by Crippen LogP contribution is 2.25. The number of aryl methyl sites for hydroxylation is 1. The Balaban J connectivity index is 2.19. The fourth-order valence-corrected chi connectivity index (χ4v) is 3.23. The molecule has 0 saturated heterocycles. The van der Waals surface area contributed by atoms with Gasteiger partial charge in [0.15, 0.2) is 0 Å². The molecule has 8 nitrogen and oxygen atoms in total. The van der Waals surface area contributed by atoms with Crippen molar-refractivity contribution in [2.45, 2.75) is 13.5 Å². The van der Waals surface area contributed by atoms with Crippen LogP contribution in [0.3, 0.4) is 0 Å². The SMILES string of the molecule is COCCN(Cc1scnc1C)C(=O)C(=O)Nc1cc(F)c(Cl)c(C(=O)O)c1. The molecule has 1 aromatic heterocycles. The number of hydrogen-bond acceptors (Lipinski definition) is 6. The molecule has 0 atom stereocenters. The van der Waals surface area contributed by atoms with Gasteiger partial charge in [-0.05, 0) is 19.1 Å². The number of carbonyl (C=O) groups excluding carboxylic acids is 2. The number of nitrogens with zero attached hydrogens (tertiary/aromatic N) is 2. The van der Waals surface area contributed by atoms with Crippen LogP contribution in [0.4, 0.5) is 10.1 Å². The Hall–Kier alpha value is -2.56. The Labute approximate surface area is 168 Å². The number of methoxy groups -OCH3 is 1. The van der Waals surface area contributed by atoms with Gasteiger partial charge in [0.05, 0.1) is 34.9 Å². The number of rotatable bonds is 7. The zero-order valence-corrected chi connectivity index (χ0v) is 16.6. The number of anilines is 1. The fourth-order valence-electron chi connectivity index (χ4n) is 2.25. The van der Waals surface area contributed by atoms with Gasteiger partial charge in [0.1, 0.15) is 5.82 Å². The van der Waals surface area contributed by atoms with Gasteiger partial charge in [-0.2, -0.15) is 0 Å². The number of hydrogen-bond donors (Lipinski definition) is 2. The van der Waals surface area contributed by atoms with E-state index in [1.807, 2.05) is 0 Å². The summed E-state index contributed by atoms with van der Waals surface area (Å²) in [7, 11) is 1.46. The third kappa shape index (κ3) is 5.24. The van der Waals surface area contributed by atoms with E-state index in [2.05, 4.69) is 10.3 Å². The molecule has 1 aromatic carbocycles. The Morgan fingerprint density at radius 3 is 2.68 bits per heavy atom. The molecule has 0 spiro atoms. The summed E-state index contributed by atoms with van der Waals surface area (Å²) in [6.45, 7) is 2.29. The van der Waals surface area contributed by atoms with E-state index in [9.17, 15) is 18.8 Å². The average Bonchev–Trinajstić information content (AvgIpc) is 3.05. The van der Waals surface area contributed by atoms with E-state index in [1.165, 1.54) is 23.3 Å². The number of thiazole rings is 1. The summed E-state index contributed by atoms with van der Waals surface area (Å²) in [5, 5.41) is 10.7. The first kappa shape index (κ1) is 21.7. The van der Waals surface area contributed by atoms with Gasteiger partial charge in [0.25, 0.3) is 0 Å². The maximum absolute atomic E-state index is 13.8. The quantitative estimate of drug-likeness (QED) is 0.655. The van der Waals surface area contributed by atoms with E-state index in [-0.39, 0.29) is 25.4 Å². The second-order valence-corrected chi connectivity index (χ2v) is 6.98. The minimum absolute atomic E-state index is 0.148. The maximum atomic E-state index is 13.8. The van der Waals surface area contributed by atoms with Crippen molar-refractivity contribution in [2.75, 3.05) is 25.6 Å². The Morgan fingerprint density at radius 1 is 1.39 bits per heavy atom. The Bertz CT molecular complexity index is 905. The molecule has 0 bridgehead atoms. The van der Waals surface area contributed by atoms with Gasteiger partial charge in [-0.3, -0.25) is 9.59 Å². The van der Waals surface area contributed by atoms with Crippen LogP contribution in [0.2, 0.25) is 5.02 Å². The number of nitrogens with one attached hydrogen (secondary N) is 1. The lowest BCUT2D eigenvalue weighted by atomic mass is 10.2. The van der Waals surface area contributed by atoms with Crippen LogP contribution < -0.4 is 5.32 Å². The van der Waals surface area contributed by atoms with Gasteiger partial charge in [-0.25, -0.2) is 14.2 Å². The zero-order chi connectivity index (χ0) is 20.8. The molecule has 0 radical (unpaired) electrons. The van der Waals surface area contributed by atoms with Crippen LogP contribution in [0.1, 0.15) is 20.9 Å². The molecule has 2 amide bonds. The molecular weight excluding hydrogens is 413 g/mol. The van der Waals surface area contributed by atoms with E-state index in [1.54, 1.807) is 12.4 Å². The van der Waals surface area contributed by atoms with Gasteiger partial charge < -0.3 is 20.1 Å². The summed E-state index contributed by atoms with van der Waals surface area (Å²) < 4.78 is 18.8. The molecule has 11 heteroatoms. The molecule has 0 unspecified atom stereocenters. The lowest BCUT2D eigenvalue weighted by Crippen LogP contribution is -2.41. The zero-order valence-electron chi connectivity index (χ0n) is 15.0. The molecule has 0 aliphatic carbocycles. The molecule has 150 valence electrons. The largest absolute Gasteiger partial charge is 0.478 e. The van der Waals surface area contributed by atoms with Gasteiger partial charge in [-0.15, -0.1) is 11.3 Å². The summed E-state index contributed by atoms with van der Waals surface area (Å²) in [5.74, 6) is -4.41. The van der Waals surface area contributed by atoms with Gasteiger partial charge in [-0.1, -0.05) is 11.6 Å². The first-order valence-corrected chi connectivity index (χ1v) is 9.20. The minimum atomic E-state index is -1.46. The third-order valence-electron chi connectivity index (χ3n) is 3.74. The second kappa shape index (κ2) is 9.58. The highest BCUT2D eigenvalue weighted by Gasteiger charge is 2.24. The fraction of sp³-hybridized carbons (Fsp3) is 0.294. The number of carboxylic acids is 1. The molecule has 0 aliphatic heterocycles. The maximum Gasteiger partial charge on any atom is 0.337 e. The van der Waals surface area contributed by atoms with Crippen molar-refractivity contribution < 1.29 is 28.6 Å². The number of halogens is 2. The molecule has 2 aromatic rings. The van der Waals surface area contributed by atoms with Crippen LogP contribution >= 0.6 is 22.9 Å². The molecule has 0 saturated carbocycles. The average molecular weight is 430 g/mol. The standard InChI is InChI=1S/C17H17ClFN3O5S/c1-9-13(28-8-20-9)7-22(3-4-27-2)16(24)15(23)21-10-5-11(17(25)26)14(18)12(19)6-10/h5-6,8H,3-4,7H2,1-2H3,(H,21,23)(H,25,26). The van der Waals surface area contributed by atoms with Crippen molar-refractivity contribution >= 4 is 46.4 Å². The first-order chi connectivity index (χ1) is 13.2. The molecule has 28 heavy (non-hydrogen) atoms. The van der Waals surface area contributed by atoms with Crippen LogP contribution in [0.15, 0.2) is 17.6 Å². The van der Waals surface area contributed by atoms with E-state index >= 15 is 0 Å². The van der Waals surface area contributed by atoms with Crippen LogP contribution in [0, 0.1) is 12.7 Å². The summed E-state index contributed by atoms with van der Waals surface area (Å²) in [5.41, 5.74) is 1.65. The van der Waals surface area contributed by atoms with Crippen molar-refractivity contribution in [3.05, 3.63) is 44.6 Å². The Kier molecular flexibility index (Phi) is 7.44. The van der Waals surface area contributed by atoms with Crippen LogP contribution in [-0.2, 0) is 20.9 Å². The summed E-state index contributed by atoms with van der Waals surface area (Å²) in [6, 6.07) is 1.82. The number of carboxylic acid groups (broad SMARTS) is 1. The molecule has 2 N–H and O–H groups in total. The monoisotopic (exact) mass is 429 g/mol. The van der Waals surface area contributed by atoms with Crippen molar-refractivity contribution in [3.8, 4) is 0 Å². The lowest BCUT2D eigenvalue weighted by Gasteiger charge is -2.21. The minimum Gasteiger partial charge on any atom is -0.478 e. The van der Waals surface area contributed by atoms with Gasteiger partial charge in [0, 0.05) is 24.2 Å². The number of ether oxygens (including phenoxy) is 1. The first-order valence-electron chi connectivity index (χ1n) is 7.95. The topological polar surface area (TPSA) is 109 Å². The van der Waals surface area contributed by atoms with E-state index in [0.717, 1.165) is 22.7 Å². The number of aromatic nitrogens is 1. The van der Waals surface area contributed by atoms with Crippen molar-refractivity contribution in [3.63, 3.8) is 0 Å². The summed E-state index contributed by atoms with van der Waals surface area (Å²) in [6.07, 6.45) is 0. The predicted molar refractivity (Wildman–Crippen MR) is 101 cm³/mol. The third-order valence-corrected chi connectivity index (χ3v) is 5.05. The molecule has 1 heterocycles. The summed E-state index contributed by atoms with van der Waals surface area (Å²) >= 11 is 6.95. The molecule has 0 fully saturated rings. The van der Waals surface area contributed by atoms with Crippen LogP contribution in [-0.4, -0.2) is 53.0 Å².